The van der Waals surface area contributed by atoms with Crippen molar-refractivity contribution in [2.24, 2.45) is 5.73 Å². The van der Waals surface area contributed by atoms with Crippen molar-refractivity contribution in [3.8, 4) is 0 Å². The average molecular weight is 311 g/mol. The number of aromatic nitrogens is 2. The molecule has 0 bridgehead atoms. The fraction of sp³-hybridized carbons (Fsp3) is 0.250. The molecule has 1 aliphatic carbocycles. The number of nitrogens with one attached hydrogen (secondary N) is 1. The molecule has 2 amide bonds. The van der Waals surface area contributed by atoms with E-state index in [1.54, 1.807) is 12.1 Å². The number of benzene rings is 1. The Hall–Kier alpha value is -2.96. The maximum absolute atomic E-state index is 12.1. The second-order valence-electron chi connectivity index (χ2n) is 5.58. The first-order chi connectivity index (χ1) is 11.0. The van der Waals surface area contributed by atoms with Gasteiger partial charge >= 0.3 is 0 Å². The molecule has 5 N–H and O–H groups in total. The number of anilines is 1. The van der Waals surface area contributed by atoms with E-state index in [4.69, 9.17) is 11.5 Å². The maximum Gasteiger partial charge on any atom is 0.271 e. The van der Waals surface area contributed by atoms with Crippen molar-refractivity contribution in [1.82, 2.24) is 15.3 Å². The van der Waals surface area contributed by atoms with Gasteiger partial charge in [0.25, 0.3) is 11.8 Å². The summed E-state index contributed by atoms with van der Waals surface area (Å²) < 4.78 is 0. The lowest BCUT2D eigenvalue weighted by atomic mass is 10.1. The summed E-state index contributed by atoms with van der Waals surface area (Å²) in [6.07, 6.45) is 4.02. The van der Waals surface area contributed by atoms with Gasteiger partial charge in [-0.05, 0) is 30.5 Å². The minimum atomic E-state index is -0.714. The summed E-state index contributed by atoms with van der Waals surface area (Å²) in [6, 6.07) is 7.59. The van der Waals surface area contributed by atoms with Crippen LogP contribution in [0.3, 0.4) is 0 Å². The molecule has 3 rings (SSSR count). The molecule has 0 atom stereocenters. The van der Waals surface area contributed by atoms with Crippen molar-refractivity contribution in [1.29, 1.82) is 0 Å². The predicted molar refractivity (Wildman–Crippen MR) is 84.7 cm³/mol. The van der Waals surface area contributed by atoms with Gasteiger partial charge in [0.1, 0.15) is 0 Å². The zero-order valence-electron chi connectivity index (χ0n) is 12.5. The van der Waals surface area contributed by atoms with Crippen LogP contribution in [-0.2, 0) is 6.42 Å². The molecule has 7 heteroatoms. The number of rotatable bonds is 5. The quantitative estimate of drug-likeness (QED) is 0.747. The Bertz CT molecular complexity index is 771. The molecule has 1 fully saturated rings. The van der Waals surface area contributed by atoms with Crippen LogP contribution in [0.4, 0.5) is 5.82 Å². The Morgan fingerprint density at radius 3 is 2.78 bits per heavy atom. The van der Waals surface area contributed by atoms with Crippen LogP contribution in [0.1, 0.15) is 44.9 Å². The van der Waals surface area contributed by atoms with E-state index >= 15 is 0 Å². The number of carbonyl (C=O) groups is 2. The number of hydrogen-bond donors (Lipinski definition) is 3. The van der Waals surface area contributed by atoms with Crippen LogP contribution in [0, 0.1) is 0 Å². The molecule has 1 aromatic carbocycles. The third-order valence-electron chi connectivity index (χ3n) is 3.57. The highest BCUT2D eigenvalue weighted by molar-refractivity contribution is 5.95. The van der Waals surface area contributed by atoms with Gasteiger partial charge in [-0.15, -0.1) is 0 Å². The molecule has 0 saturated heterocycles. The standard InChI is InChI=1S/C16H17N5O2/c17-14-13(15(18)22)20-12(8-19-14)7-9-2-1-3-10(6-9)16(23)21-11-4-5-11/h1-3,6,8,11H,4-5,7H2,(H2,17,19)(H2,18,22)(H,21,23). The molecule has 2 aromatic rings. The molecule has 1 heterocycles. The topological polar surface area (TPSA) is 124 Å². The molecule has 0 unspecified atom stereocenters. The van der Waals surface area contributed by atoms with Crippen LogP contribution in [0.5, 0.6) is 0 Å². The molecule has 1 aliphatic rings. The van der Waals surface area contributed by atoms with E-state index in [1.807, 2.05) is 12.1 Å². The van der Waals surface area contributed by atoms with Gasteiger partial charge in [-0.2, -0.15) is 0 Å². The number of nitrogens with two attached hydrogens (primary N) is 2. The summed E-state index contributed by atoms with van der Waals surface area (Å²) in [5.41, 5.74) is 12.8. The first-order valence-corrected chi connectivity index (χ1v) is 7.34. The van der Waals surface area contributed by atoms with Crippen molar-refractivity contribution in [2.75, 3.05) is 5.73 Å². The van der Waals surface area contributed by atoms with Crippen molar-refractivity contribution in [2.45, 2.75) is 25.3 Å². The number of amides is 2. The zero-order chi connectivity index (χ0) is 16.4. The second kappa shape index (κ2) is 6.04. The normalized spacial score (nSPS) is 13.6. The number of carbonyl (C=O) groups excluding carboxylic acids is 2. The Balaban J connectivity index is 1.78. The fourth-order valence-electron chi connectivity index (χ4n) is 2.23. The summed E-state index contributed by atoms with van der Waals surface area (Å²) in [4.78, 5) is 31.4. The first kappa shape index (κ1) is 15.0. The smallest absolute Gasteiger partial charge is 0.271 e. The lowest BCUT2D eigenvalue weighted by molar-refractivity contribution is 0.0949. The van der Waals surface area contributed by atoms with E-state index in [1.165, 1.54) is 6.20 Å². The minimum Gasteiger partial charge on any atom is -0.382 e. The maximum atomic E-state index is 12.1. The monoisotopic (exact) mass is 311 g/mol. The van der Waals surface area contributed by atoms with E-state index in [-0.39, 0.29) is 17.4 Å². The van der Waals surface area contributed by atoms with Crippen LogP contribution in [-0.4, -0.2) is 27.8 Å². The van der Waals surface area contributed by atoms with Gasteiger partial charge in [0.2, 0.25) is 0 Å². The summed E-state index contributed by atoms with van der Waals surface area (Å²) in [5.74, 6) is -0.774. The van der Waals surface area contributed by atoms with Crippen LogP contribution < -0.4 is 16.8 Å². The lowest BCUT2D eigenvalue weighted by Crippen LogP contribution is -2.25. The van der Waals surface area contributed by atoms with Crippen LogP contribution in [0.25, 0.3) is 0 Å². The summed E-state index contributed by atoms with van der Waals surface area (Å²) >= 11 is 0. The second-order valence-corrected chi connectivity index (χ2v) is 5.58. The van der Waals surface area contributed by atoms with Crippen molar-refractivity contribution in [3.05, 3.63) is 53.0 Å². The summed E-state index contributed by atoms with van der Waals surface area (Å²) in [7, 11) is 0. The van der Waals surface area contributed by atoms with E-state index in [0.29, 0.717) is 23.7 Å². The highest BCUT2D eigenvalue weighted by Crippen LogP contribution is 2.19. The van der Waals surface area contributed by atoms with Crippen molar-refractivity contribution in [3.63, 3.8) is 0 Å². The Morgan fingerprint density at radius 1 is 1.30 bits per heavy atom. The zero-order valence-corrected chi connectivity index (χ0v) is 12.5. The molecule has 0 spiro atoms. The van der Waals surface area contributed by atoms with Gasteiger partial charge < -0.3 is 16.8 Å². The van der Waals surface area contributed by atoms with E-state index in [2.05, 4.69) is 15.3 Å². The van der Waals surface area contributed by atoms with Crippen LogP contribution in [0.2, 0.25) is 0 Å². The third-order valence-corrected chi connectivity index (χ3v) is 3.57. The fourth-order valence-corrected chi connectivity index (χ4v) is 2.23. The number of nitrogens with zero attached hydrogens (tertiary/aromatic N) is 2. The van der Waals surface area contributed by atoms with Crippen LogP contribution >= 0.6 is 0 Å². The van der Waals surface area contributed by atoms with Crippen LogP contribution in [0.15, 0.2) is 30.5 Å². The van der Waals surface area contributed by atoms with Crippen molar-refractivity contribution >= 4 is 17.6 Å². The highest BCUT2D eigenvalue weighted by atomic mass is 16.2. The van der Waals surface area contributed by atoms with E-state index in [9.17, 15) is 9.59 Å². The van der Waals surface area contributed by atoms with E-state index < -0.39 is 5.91 Å². The lowest BCUT2D eigenvalue weighted by Gasteiger charge is -2.07. The number of nitrogen functional groups attached to an aromatic ring is 1. The molecular weight excluding hydrogens is 294 g/mol. The number of primary amides is 1. The first-order valence-electron chi connectivity index (χ1n) is 7.34. The molecular formula is C16H17N5O2. The minimum absolute atomic E-state index is 0.0128. The molecule has 0 aliphatic heterocycles. The molecule has 0 radical (unpaired) electrons. The third kappa shape index (κ3) is 3.63. The summed E-state index contributed by atoms with van der Waals surface area (Å²) in [6.45, 7) is 0. The van der Waals surface area contributed by atoms with Gasteiger partial charge in [-0.1, -0.05) is 12.1 Å². The number of hydrogen-bond acceptors (Lipinski definition) is 5. The van der Waals surface area contributed by atoms with Gasteiger partial charge in [-0.3, -0.25) is 9.59 Å². The van der Waals surface area contributed by atoms with E-state index in [0.717, 1.165) is 18.4 Å². The van der Waals surface area contributed by atoms with Gasteiger partial charge in [0.05, 0.1) is 11.9 Å². The largest absolute Gasteiger partial charge is 0.382 e. The summed E-state index contributed by atoms with van der Waals surface area (Å²) in [5, 5.41) is 2.95. The molecule has 23 heavy (non-hydrogen) atoms. The van der Waals surface area contributed by atoms with Crippen molar-refractivity contribution < 1.29 is 9.59 Å². The Kier molecular flexibility index (Phi) is 3.92. The Morgan fingerprint density at radius 2 is 2.09 bits per heavy atom. The van der Waals surface area contributed by atoms with Gasteiger partial charge in [0.15, 0.2) is 11.5 Å². The highest BCUT2D eigenvalue weighted by Gasteiger charge is 2.23. The SMILES string of the molecule is NC(=O)c1nc(Cc2cccc(C(=O)NC3CC3)c2)cnc1N. The van der Waals surface area contributed by atoms with Gasteiger partial charge in [-0.25, -0.2) is 9.97 Å². The average Bonchev–Trinajstić information content (AvgIpc) is 3.33. The van der Waals surface area contributed by atoms with Gasteiger partial charge in [0, 0.05) is 18.0 Å². The molecule has 118 valence electrons. The Labute approximate surface area is 133 Å². The predicted octanol–water partition coefficient (Wildman–Crippen LogP) is 0.641. The molecule has 1 saturated carbocycles. The molecule has 1 aromatic heterocycles. The molecule has 7 nitrogen and oxygen atoms in total.